The van der Waals surface area contributed by atoms with E-state index in [1.807, 2.05) is 24.5 Å². The fourth-order valence-corrected chi connectivity index (χ4v) is 3.48. The Morgan fingerprint density at radius 3 is 2.54 bits per heavy atom. The summed E-state index contributed by atoms with van der Waals surface area (Å²) in [7, 11) is 3.42. The van der Waals surface area contributed by atoms with Gasteiger partial charge in [0.05, 0.1) is 17.4 Å². The molecule has 1 aromatic carbocycles. The Kier molecular flexibility index (Phi) is 4.28. The molecular weight excluding hydrogens is 328 g/mol. The number of fused-ring (bicyclic) bond motifs is 1. The zero-order valence-corrected chi connectivity index (χ0v) is 15.0. The summed E-state index contributed by atoms with van der Waals surface area (Å²) in [5.41, 5.74) is 2.61. The van der Waals surface area contributed by atoms with Crippen molar-refractivity contribution in [3.05, 3.63) is 48.4 Å². The van der Waals surface area contributed by atoms with Gasteiger partial charge in [-0.3, -0.25) is 4.79 Å². The molecule has 1 aliphatic heterocycles. The molecule has 0 saturated carbocycles. The molecule has 0 radical (unpaired) electrons. The Bertz CT molecular complexity index is 909. The van der Waals surface area contributed by atoms with Gasteiger partial charge in [-0.1, -0.05) is 12.1 Å². The minimum atomic E-state index is -0.130. The molecule has 134 valence electrons. The van der Waals surface area contributed by atoms with Gasteiger partial charge in [-0.05, 0) is 37.1 Å². The maximum Gasteiger partial charge on any atom is 0.273 e. The molecule has 2 aromatic heterocycles. The molecule has 3 aromatic rings. The van der Waals surface area contributed by atoms with Crippen LogP contribution in [0.25, 0.3) is 11.0 Å². The molecule has 0 unspecified atom stereocenters. The average Bonchev–Trinajstić information content (AvgIpc) is 3.12. The number of nitrogens with zero attached hydrogens (tertiary/aromatic N) is 6. The molecule has 0 aliphatic carbocycles. The topological polar surface area (TPSA) is 67.2 Å². The number of benzene rings is 1. The third-order valence-corrected chi connectivity index (χ3v) is 4.94. The number of para-hydroxylation sites is 2. The van der Waals surface area contributed by atoms with E-state index in [-0.39, 0.29) is 5.91 Å². The molecule has 1 aliphatic rings. The van der Waals surface area contributed by atoms with Crippen molar-refractivity contribution in [3.63, 3.8) is 0 Å². The van der Waals surface area contributed by atoms with Gasteiger partial charge in [0.1, 0.15) is 0 Å². The smallest absolute Gasteiger partial charge is 0.273 e. The van der Waals surface area contributed by atoms with Gasteiger partial charge in [-0.15, -0.1) is 10.2 Å². The lowest BCUT2D eigenvalue weighted by atomic mass is 10.0. The lowest BCUT2D eigenvalue weighted by Gasteiger charge is -2.33. The number of amides is 1. The van der Waals surface area contributed by atoms with Gasteiger partial charge in [-0.2, -0.15) is 0 Å². The van der Waals surface area contributed by atoms with Crippen molar-refractivity contribution in [2.45, 2.75) is 18.9 Å². The number of piperidine rings is 1. The van der Waals surface area contributed by atoms with Gasteiger partial charge in [-0.25, -0.2) is 4.98 Å². The summed E-state index contributed by atoms with van der Waals surface area (Å²) in [6.07, 6.45) is 4.01. The highest BCUT2D eigenvalue weighted by Gasteiger charge is 2.23. The Labute approximate surface area is 152 Å². The average molecular weight is 350 g/mol. The standard InChI is InChI=1S/C19H22N6O/c1-23(2)19(26)16-7-8-18(22-21-16)24-11-9-14(10-12-24)25-13-20-15-5-3-4-6-17(15)25/h3-8,13-14H,9-12H2,1-2H3. The molecule has 1 fully saturated rings. The van der Waals surface area contributed by atoms with E-state index in [0.29, 0.717) is 11.7 Å². The van der Waals surface area contributed by atoms with Gasteiger partial charge >= 0.3 is 0 Å². The Morgan fingerprint density at radius 1 is 1.08 bits per heavy atom. The number of rotatable bonds is 3. The van der Waals surface area contributed by atoms with E-state index >= 15 is 0 Å². The maximum atomic E-state index is 11.9. The first kappa shape index (κ1) is 16.5. The van der Waals surface area contributed by atoms with Crippen LogP contribution in [0.1, 0.15) is 29.4 Å². The van der Waals surface area contributed by atoms with Crippen molar-refractivity contribution < 1.29 is 4.79 Å². The fourth-order valence-electron chi connectivity index (χ4n) is 3.48. The van der Waals surface area contributed by atoms with Crippen molar-refractivity contribution >= 4 is 22.8 Å². The van der Waals surface area contributed by atoms with Crippen LogP contribution in [-0.4, -0.2) is 57.7 Å². The van der Waals surface area contributed by atoms with Gasteiger partial charge in [0.2, 0.25) is 0 Å². The van der Waals surface area contributed by atoms with Crippen molar-refractivity contribution in [2.24, 2.45) is 0 Å². The molecule has 4 rings (SSSR count). The van der Waals surface area contributed by atoms with Crippen LogP contribution in [0.4, 0.5) is 5.82 Å². The molecule has 1 saturated heterocycles. The maximum absolute atomic E-state index is 11.9. The predicted molar refractivity (Wildman–Crippen MR) is 100 cm³/mol. The first-order chi connectivity index (χ1) is 12.6. The number of anilines is 1. The first-order valence-corrected chi connectivity index (χ1v) is 8.85. The fraction of sp³-hybridized carbons (Fsp3) is 0.368. The SMILES string of the molecule is CN(C)C(=O)c1ccc(N2CCC(n3cnc4ccccc43)CC2)nn1. The summed E-state index contributed by atoms with van der Waals surface area (Å²) < 4.78 is 2.29. The summed E-state index contributed by atoms with van der Waals surface area (Å²) in [4.78, 5) is 20.2. The van der Waals surface area contributed by atoms with Crippen LogP contribution >= 0.6 is 0 Å². The Morgan fingerprint density at radius 2 is 1.85 bits per heavy atom. The van der Waals surface area contributed by atoms with Gasteiger partial charge < -0.3 is 14.4 Å². The minimum Gasteiger partial charge on any atom is -0.355 e. The van der Waals surface area contributed by atoms with Crippen molar-refractivity contribution in [3.8, 4) is 0 Å². The van der Waals surface area contributed by atoms with Gasteiger partial charge in [0, 0.05) is 33.2 Å². The summed E-state index contributed by atoms with van der Waals surface area (Å²) in [5, 5.41) is 8.34. The van der Waals surface area contributed by atoms with E-state index < -0.39 is 0 Å². The second kappa shape index (κ2) is 6.74. The second-order valence-electron chi connectivity index (χ2n) is 6.84. The monoisotopic (exact) mass is 350 g/mol. The summed E-state index contributed by atoms with van der Waals surface area (Å²) in [6.45, 7) is 1.82. The quantitative estimate of drug-likeness (QED) is 0.725. The third-order valence-electron chi connectivity index (χ3n) is 4.94. The molecule has 7 nitrogen and oxygen atoms in total. The summed E-state index contributed by atoms with van der Waals surface area (Å²) in [5.74, 6) is 0.698. The molecular formula is C19H22N6O. The zero-order valence-electron chi connectivity index (χ0n) is 15.0. The first-order valence-electron chi connectivity index (χ1n) is 8.85. The third kappa shape index (κ3) is 3.00. The van der Waals surface area contributed by atoms with Crippen molar-refractivity contribution in [2.75, 3.05) is 32.1 Å². The summed E-state index contributed by atoms with van der Waals surface area (Å²) >= 11 is 0. The molecule has 26 heavy (non-hydrogen) atoms. The van der Waals surface area contributed by atoms with E-state index in [2.05, 4.69) is 36.8 Å². The lowest BCUT2D eigenvalue weighted by Crippen LogP contribution is -2.35. The molecule has 1 amide bonds. The van der Waals surface area contributed by atoms with Crippen molar-refractivity contribution in [1.82, 2.24) is 24.6 Å². The molecule has 0 atom stereocenters. The molecule has 0 spiro atoms. The van der Waals surface area contributed by atoms with Gasteiger partial charge in [0.15, 0.2) is 11.5 Å². The number of carbonyl (C=O) groups excluding carboxylic acids is 1. The lowest BCUT2D eigenvalue weighted by molar-refractivity contribution is 0.0821. The van der Waals surface area contributed by atoms with E-state index in [0.717, 1.165) is 37.3 Å². The number of imidazole rings is 1. The normalized spacial score (nSPS) is 15.4. The Hall–Kier alpha value is -2.96. The van der Waals surface area contributed by atoms with E-state index in [9.17, 15) is 4.79 Å². The summed E-state index contributed by atoms with van der Waals surface area (Å²) in [6, 6.07) is 12.3. The second-order valence-corrected chi connectivity index (χ2v) is 6.84. The molecule has 0 N–H and O–H groups in total. The van der Waals surface area contributed by atoms with E-state index in [1.54, 1.807) is 20.2 Å². The number of aromatic nitrogens is 4. The molecule has 3 heterocycles. The van der Waals surface area contributed by atoms with Crippen molar-refractivity contribution in [1.29, 1.82) is 0 Å². The van der Waals surface area contributed by atoms with Crippen LogP contribution < -0.4 is 4.90 Å². The number of carbonyl (C=O) groups is 1. The highest BCUT2D eigenvalue weighted by molar-refractivity contribution is 5.91. The van der Waals surface area contributed by atoms with Crippen LogP contribution in [0.2, 0.25) is 0 Å². The number of hydrogen-bond acceptors (Lipinski definition) is 5. The zero-order chi connectivity index (χ0) is 18.1. The van der Waals surface area contributed by atoms with E-state index in [4.69, 9.17) is 0 Å². The van der Waals surface area contributed by atoms with Gasteiger partial charge in [0.25, 0.3) is 5.91 Å². The molecule has 0 bridgehead atoms. The molecule has 7 heteroatoms. The van der Waals surface area contributed by atoms with Crippen LogP contribution in [0.15, 0.2) is 42.7 Å². The highest BCUT2D eigenvalue weighted by Crippen LogP contribution is 2.28. The van der Waals surface area contributed by atoms with Crippen LogP contribution in [0.3, 0.4) is 0 Å². The van der Waals surface area contributed by atoms with Crippen LogP contribution in [0, 0.1) is 0 Å². The minimum absolute atomic E-state index is 0.130. The van der Waals surface area contributed by atoms with Crippen LogP contribution in [-0.2, 0) is 0 Å². The predicted octanol–water partition coefficient (Wildman–Crippen LogP) is 2.37. The largest absolute Gasteiger partial charge is 0.355 e. The highest BCUT2D eigenvalue weighted by atomic mass is 16.2. The Balaban J connectivity index is 1.44. The van der Waals surface area contributed by atoms with Crippen LogP contribution in [0.5, 0.6) is 0 Å². The number of hydrogen-bond donors (Lipinski definition) is 0. The van der Waals surface area contributed by atoms with E-state index in [1.165, 1.54) is 10.4 Å².